The van der Waals surface area contributed by atoms with Crippen LogP contribution < -0.4 is 0 Å². The van der Waals surface area contributed by atoms with Crippen LogP contribution in [0.3, 0.4) is 0 Å². The Bertz CT molecular complexity index is 787. The minimum absolute atomic E-state index is 0.0320. The topological polar surface area (TPSA) is 63.4 Å². The fourth-order valence-electron chi connectivity index (χ4n) is 4.25. The highest BCUT2D eigenvalue weighted by atomic mass is 19.3. The van der Waals surface area contributed by atoms with Gasteiger partial charge in [-0.05, 0) is 31.7 Å². The molecule has 1 saturated heterocycles. The number of hydrogen-bond acceptors (Lipinski definition) is 4. The third kappa shape index (κ3) is 3.29. The number of nitrogens with zero attached hydrogens (tertiary/aromatic N) is 5. The zero-order valence-corrected chi connectivity index (χ0v) is 14.7. The van der Waals surface area contributed by atoms with Gasteiger partial charge < -0.3 is 4.90 Å². The van der Waals surface area contributed by atoms with Gasteiger partial charge in [-0.2, -0.15) is 14.6 Å². The highest BCUT2D eigenvalue weighted by Crippen LogP contribution is 2.31. The predicted molar refractivity (Wildman–Crippen MR) is 90.9 cm³/mol. The molecule has 140 valence electrons. The number of carbonyl (C=O) groups is 1. The summed E-state index contributed by atoms with van der Waals surface area (Å²) in [5.41, 5.74) is 0.389. The van der Waals surface area contributed by atoms with Crippen molar-refractivity contribution in [3.8, 4) is 0 Å². The maximum absolute atomic E-state index is 13.4. The monoisotopic (exact) mass is 363 g/mol. The number of carbonyl (C=O) groups excluding carboxylic acids is 1. The average Bonchev–Trinajstić information content (AvgIpc) is 3.16. The van der Waals surface area contributed by atoms with Crippen molar-refractivity contribution >= 4 is 11.7 Å². The normalized spacial score (nSPS) is 22.3. The lowest BCUT2D eigenvalue weighted by Gasteiger charge is -2.35. The van der Waals surface area contributed by atoms with Crippen LogP contribution in [0.5, 0.6) is 0 Å². The van der Waals surface area contributed by atoms with Crippen LogP contribution in [-0.4, -0.2) is 43.5 Å². The minimum Gasteiger partial charge on any atom is -0.342 e. The standard InChI is InChI=1S/C18H23F2N5O/c19-16(20)15-9-14(23-18-21-11-22-25(15)18)13-7-4-8-24(10-13)17(26)12-5-2-1-3-6-12/h9,11-13,16H,1-8,10H2. The number of alkyl halides is 2. The molecule has 1 saturated carbocycles. The van der Waals surface area contributed by atoms with Gasteiger partial charge in [0, 0.05) is 24.9 Å². The van der Waals surface area contributed by atoms with Crippen molar-refractivity contribution in [2.24, 2.45) is 5.92 Å². The van der Waals surface area contributed by atoms with Crippen LogP contribution in [0.15, 0.2) is 12.4 Å². The second-order valence-electron chi connectivity index (χ2n) is 7.34. The molecule has 6 nitrogen and oxygen atoms in total. The van der Waals surface area contributed by atoms with Crippen molar-refractivity contribution in [1.82, 2.24) is 24.5 Å². The molecule has 1 atom stereocenters. The Labute approximate surface area is 150 Å². The van der Waals surface area contributed by atoms with Crippen LogP contribution >= 0.6 is 0 Å². The molecule has 1 aliphatic carbocycles. The average molecular weight is 363 g/mol. The van der Waals surface area contributed by atoms with Gasteiger partial charge in [0.25, 0.3) is 12.2 Å². The Morgan fingerprint density at radius 3 is 2.73 bits per heavy atom. The number of fused-ring (bicyclic) bond motifs is 1. The molecule has 0 radical (unpaired) electrons. The van der Waals surface area contributed by atoms with E-state index in [1.54, 1.807) is 0 Å². The van der Waals surface area contributed by atoms with Crippen molar-refractivity contribution < 1.29 is 13.6 Å². The molecule has 2 aliphatic rings. The fraction of sp³-hybridized carbons (Fsp3) is 0.667. The van der Waals surface area contributed by atoms with Crippen LogP contribution in [0.4, 0.5) is 8.78 Å². The maximum atomic E-state index is 13.4. The first-order valence-corrected chi connectivity index (χ1v) is 9.41. The number of amides is 1. The molecule has 3 heterocycles. The summed E-state index contributed by atoms with van der Waals surface area (Å²) in [4.78, 5) is 23.2. The maximum Gasteiger partial charge on any atom is 0.280 e. The van der Waals surface area contributed by atoms with Gasteiger partial charge in [-0.15, -0.1) is 0 Å². The van der Waals surface area contributed by atoms with Gasteiger partial charge in [0.1, 0.15) is 12.0 Å². The molecule has 0 bridgehead atoms. The number of likely N-dealkylation sites (tertiary alicyclic amines) is 1. The zero-order chi connectivity index (χ0) is 18.1. The Hall–Kier alpha value is -2.12. The molecule has 0 spiro atoms. The summed E-state index contributed by atoms with van der Waals surface area (Å²) in [5, 5.41) is 3.83. The van der Waals surface area contributed by atoms with Crippen LogP contribution in [0, 0.1) is 5.92 Å². The lowest BCUT2D eigenvalue weighted by atomic mass is 9.86. The molecule has 1 aliphatic heterocycles. The van der Waals surface area contributed by atoms with Crippen molar-refractivity contribution in [3.63, 3.8) is 0 Å². The van der Waals surface area contributed by atoms with E-state index < -0.39 is 6.43 Å². The van der Waals surface area contributed by atoms with Gasteiger partial charge in [-0.3, -0.25) is 4.79 Å². The second-order valence-corrected chi connectivity index (χ2v) is 7.34. The summed E-state index contributed by atoms with van der Waals surface area (Å²) < 4.78 is 27.9. The third-order valence-electron chi connectivity index (χ3n) is 5.63. The number of aromatic nitrogens is 4. The first-order valence-electron chi connectivity index (χ1n) is 9.41. The number of piperidine rings is 1. The quantitative estimate of drug-likeness (QED) is 0.839. The van der Waals surface area contributed by atoms with Crippen LogP contribution in [0.2, 0.25) is 0 Å². The summed E-state index contributed by atoms with van der Waals surface area (Å²) in [6.07, 6.45) is 5.69. The predicted octanol–water partition coefficient (Wildman–Crippen LogP) is 3.35. The molecule has 0 N–H and O–H groups in total. The SMILES string of the molecule is O=C(C1CCCCC1)N1CCCC(c2cc(C(F)F)n3ncnc3n2)C1. The molecule has 4 rings (SSSR count). The molecule has 2 fully saturated rings. The van der Waals surface area contributed by atoms with E-state index in [0.717, 1.165) is 49.6 Å². The molecule has 8 heteroatoms. The lowest BCUT2D eigenvalue weighted by Crippen LogP contribution is -2.43. The van der Waals surface area contributed by atoms with E-state index in [-0.39, 0.29) is 29.2 Å². The smallest absolute Gasteiger partial charge is 0.280 e. The van der Waals surface area contributed by atoms with Crippen LogP contribution in [0.25, 0.3) is 5.78 Å². The fourth-order valence-corrected chi connectivity index (χ4v) is 4.25. The van der Waals surface area contributed by atoms with Gasteiger partial charge in [-0.25, -0.2) is 13.8 Å². The van der Waals surface area contributed by atoms with Crippen molar-refractivity contribution in [2.45, 2.75) is 57.3 Å². The van der Waals surface area contributed by atoms with E-state index in [2.05, 4.69) is 15.1 Å². The molecule has 1 amide bonds. The van der Waals surface area contributed by atoms with E-state index in [4.69, 9.17) is 0 Å². The zero-order valence-electron chi connectivity index (χ0n) is 14.7. The van der Waals surface area contributed by atoms with E-state index in [9.17, 15) is 13.6 Å². The third-order valence-corrected chi connectivity index (χ3v) is 5.63. The van der Waals surface area contributed by atoms with Gasteiger partial charge in [-0.1, -0.05) is 19.3 Å². The second kappa shape index (κ2) is 7.25. The first-order chi connectivity index (χ1) is 12.6. The van der Waals surface area contributed by atoms with Crippen molar-refractivity contribution in [1.29, 1.82) is 0 Å². The van der Waals surface area contributed by atoms with Gasteiger partial charge in [0.05, 0.1) is 5.69 Å². The summed E-state index contributed by atoms with van der Waals surface area (Å²) in [5.74, 6) is 0.516. The van der Waals surface area contributed by atoms with E-state index >= 15 is 0 Å². The van der Waals surface area contributed by atoms with Crippen molar-refractivity contribution in [3.05, 3.63) is 23.8 Å². The number of halogens is 2. The minimum atomic E-state index is -2.65. The number of hydrogen-bond donors (Lipinski definition) is 0. The molecule has 2 aromatic heterocycles. The summed E-state index contributed by atoms with van der Waals surface area (Å²) in [6, 6.07) is 1.42. The van der Waals surface area contributed by atoms with E-state index in [1.807, 2.05) is 4.90 Å². The van der Waals surface area contributed by atoms with Gasteiger partial charge in [0.2, 0.25) is 5.91 Å². The largest absolute Gasteiger partial charge is 0.342 e. The van der Waals surface area contributed by atoms with Gasteiger partial charge in [0.15, 0.2) is 0 Å². The first kappa shape index (κ1) is 17.3. The summed E-state index contributed by atoms with van der Waals surface area (Å²) >= 11 is 0. The molecular weight excluding hydrogens is 340 g/mol. The molecule has 2 aromatic rings. The Kier molecular flexibility index (Phi) is 4.82. The van der Waals surface area contributed by atoms with Crippen molar-refractivity contribution in [2.75, 3.05) is 13.1 Å². The van der Waals surface area contributed by atoms with E-state index in [1.165, 1.54) is 18.8 Å². The number of rotatable bonds is 3. The molecule has 0 aromatic carbocycles. The van der Waals surface area contributed by atoms with Crippen LogP contribution in [0.1, 0.15) is 68.7 Å². The lowest BCUT2D eigenvalue weighted by molar-refractivity contribution is -0.137. The van der Waals surface area contributed by atoms with Crippen LogP contribution in [-0.2, 0) is 4.79 Å². The van der Waals surface area contributed by atoms with Gasteiger partial charge >= 0.3 is 0 Å². The Morgan fingerprint density at radius 1 is 1.15 bits per heavy atom. The Balaban J connectivity index is 1.56. The molecule has 1 unspecified atom stereocenters. The highest BCUT2D eigenvalue weighted by Gasteiger charge is 2.31. The summed E-state index contributed by atoms with van der Waals surface area (Å²) in [7, 11) is 0. The Morgan fingerprint density at radius 2 is 1.96 bits per heavy atom. The highest BCUT2D eigenvalue weighted by molar-refractivity contribution is 5.79. The molecular formula is C18H23F2N5O. The van der Waals surface area contributed by atoms with E-state index in [0.29, 0.717) is 12.2 Å². The summed E-state index contributed by atoms with van der Waals surface area (Å²) in [6.45, 7) is 1.30. The molecule has 26 heavy (non-hydrogen) atoms.